The van der Waals surface area contributed by atoms with Crippen LogP contribution in [0.3, 0.4) is 0 Å². The number of hydrogen-bond acceptors (Lipinski definition) is 9. The Morgan fingerprint density at radius 2 is 1.89 bits per heavy atom. The molecule has 2 N–H and O–H groups in total. The van der Waals surface area contributed by atoms with Gasteiger partial charge in [-0.3, -0.25) is 15.5 Å². The van der Waals surface area contributed by atoms with Crippen molar-refractivity contribution in [2.75, 3.05) is 51.1 Å². The van der Waals surface area contributed by atoms with Crippen molar-refractivity contribution in [3.05, 3.63) is 40.2 Å². The predicted molar refractivity (Wildman–Crippen MR) is 102 cm³/mol. The number of anilines is 3. The molecule has 3 rings (SSSR count). The first-order valence-corrected chi connectivity index (χ1v) is 8.59. The minimum Gasteiger partial charge on any atom is -0.495 e. The first kappa shape index (κ1) is 18.8. The van der Waals surface area contributed by atoms with Crippen molar-refractivity contribution < 1.29 is 9.66 Å². The molecule has 0 unspecified atom stereocenters. The van der Waals surface area contributed by atoms with E-state index in [1.165, 1.54) is 6.33 Å². The van der Waals surface area contributed by atoms with E-state index in [0.29, 0.717) is 11.4 Å². The summed E-state index contributed by atoms with van der Waals surface area (Å²) < 4.78 is 5.33. The zero-order valence-corrected chi connectivity index (χ0v) is 15.6. The number of piperazine rings is 1. The summed E-state index contributed by atoms with van der Waals surface area (Å²) in [5.74, 6) is 0.839. The van der Waals surface area contributed by atoms with E-state index in [1.807, 2.05) is 31.1 Å². The molecule has 0 bridgehead atoms. The molecule has 0 radical (unpaired) electrons. The lowest BCUT2D eigenvalue weighted by atomic mass is 10.2. The summed E-state index contributed by atoms with van der Waals surface area (Å²) in [5.41, 5.74) is 4.44. The molecule has 1 fully saturated rings. The van der Waals surface area contributed by atoms with E-state index in [1.54, 1.807) is 13.2 Å². The normalized spacial score (nSPS) is 15.4. The van der Waals surface area contributed by atoms with Crippen LogP contribution in [-0.2, 0) is 0 Å². The van der Waals surface area contributed by atoms with Gasteiger partial charge in [0.1, 0.15) is 12.1 Å². The Morgan fingerprint density at radius 1 is 1.19 bits per heavy atom. The van der Waals surface area contributed by atoms with Crippen molar-refractivity contribution in [3.63, 3.8) is 0 Å². The van der Waals surface area contributed by atoms with Gasteiger partial charge in [-0.2, -0.15) is 0 Å². The van der Waals surface area contributed by atoms with Gasteiger partial charge in [-0.25, -0.2) is 15.0 Å². The number of ether oxygens (including phenoxy) is 1. The largest absolute Gasteiger partial charge is 0.495 e. The number of hydrogen-bond donors (Lipinski definition) is 2. The van der Waals surface area contributed by atoms with Crippen molar-refractivity contribution in [2.24, 2.45) is 0 Å². The first-order valence-electron chi connectivity index (χ1n) is 8.59. The molecule has 0 amide bonds. The Balaban J connectivity index is 1.90. The van der Waals surface area contributed by atoms with Crippen LogP contribution in [0.25, 0.3) is 0 Å². The SMILES string of the molecule is COc1ccc(C)cc1Nc1ncnc(NN2CCN(C)CC2)c1[N+](=O)[O-]. The molecule has 10 heteroatoms. The van der Waals surface area contributed by atoms with Crippen LogP contribution in [0.15, 0.2) is 24.5 Å². The zero-order chi connectivity index (χ0) is 19.4. The molecule has 2 aromatic rings. The maximum absolute atomic E-state index is 11.7. The van der Waals surface area contributed by atoms with Crippen LogP contribution in [0.5, 0.6) is 5.75 Å². The van der Waals surface area contributed by atoms with Crippen molar-refractivity contribution in [1.82, 2.24) is 19.9 Å². The number of hydrazine groups is 1. The number of nitrogens with one attached hydrogen (secondary N) is 2. The van der Waals surface area contributed by atoms with E-state index < -0.39 is 4.92 Å². The Hall–Kier alpha value is -2.98. The van der Waals surface area contributed by atoms with Crippen molar-refractivity contribution in [3.8, 4) is 5.75 Å². The predicted octanol–water partition coefficient (Wildman–Crippen LogP) is 2.02. The number of aryl methyl sites for hydroxylation is 1. The smallest absolute Gasteiger partial charge is 0.354 e. The molecule has 2 heterocycles. The highest BCUT2D eigenvalue weighted by molar-refractivity contribution is 5.76. The van der Waals surface area contributed by atoms with Gasteiger partial charge in [-0.1, -0.05) is 6.07 Å². The second kappa shape index (κ2) is 8.14. The molecule has 27 heavy (non-hydrogen) atoms. The van der Waals surface area contributed by atoms with Crippen LogP contribution in [-0.4, -0.2) is 65.1 Å². The summed E-state index contributed by atoms with van der Waals surface area (Å²) in [5, 5.41) is 16.7. The maximum atomic E-state index is 11.7. The van der Waals surface area contributed by atoms with E-state index in [0.717, 1.165) is 31.7 Å². The van der Waals surface area contributed by atoms with Gasteiger partial charge in [0.15, 0.2) is 0 Å². The fraction of sp³-hybridized carbons (Fsp3) is 0.412. The monoisotopic (exact) mass is 373 g/mol. The van der Waals surface area contributed by atoms with E-state index in [-0.39, 0.29) is 17.3 Å². The van der Waals surface area contributed by atoms with Crippen molar-refractivity contribution >= 4 is 23.0 Å². The molecule has 1 aromatic carbocycles. The lowest BCUT2D eigenvalue weighted by Gasteiger charge is -2.32. The third-order valence-corrected chi connectivity index (χ3v) is 4.38. The summed E-state index contributed by atoms with van der Waals surface area (Å²) in [6, 6.07) is 5.55. The van der Waals surface area contributed by atoms with Crippen LogP contribution in [0.2, 0.25) is 0 Å². The van der Waals surface area contributed by atoms with Crippen LogP contribution < -0.4 is 15.5 Å². The number of nitrogens with zero attached hydrogens (tertiary/aromatic N) is 5. The lowest BCUT2D eigenvalue weighted by molar-refractivity contribution is -0.383. The summed E-state index contributed by atoms with van der Waals surface area (Å²) in [4.78, 5) is 21.6. The Morgan fingerprint density at radius 3 is 2.56 bits per heavy atom. The maximum Gasteiger partial charge on any atom is 0.354 e. The van der Waals surface area contributed by atoms with Gasteiger partial charge in [0.2, 0.25) is 11.6 Å². The Kier molecular flexibility index (Phi) is 5.67. The Bertz CT molecular complexity index is 822. The molecule has 1 aliphatic heterocycles. The fourth-order valence-corrected chi connectivity index (χ4v) is 2.84. The molecule has 1 aliphatic rings. The zero-order valence-electron chi connectivity index (χ0n) is 15.6. The van der Waals surface area contributed by atoms with Gasteiger partial charge in [-0.05, 0) is 31.7 Å². The number of rotatable bonds is 6. The standard InChI is InChI=1S/C17H23N7O3/c1-12-4-5-14(27-3)13(10-12)20-16-15(24(25)26)17(19-11-18-16)21-23-8-6-22(2)7-9-23/h4-5,10-11H,6-9H2,1-3H3,(H2,18,19,20,21). The first-order chi connectivity index (χ1) is 13.0. The minimum absolute atomic E-state index is 0.107. The summed E-state index contributed by atoms with van der Waals surface area (Å²) in [7, 11) is 3.59. The second-order valence-electron chi connectivity index (χ2n) is 6.41. The van der Waals surface area contributed by atoms with E-state index in [4.69, 9.17) is 4.74 Å². The molecule has 0 saturated carbocycles. The molecule has 0 spiro atoms. The molecular formula is C17H23N7O3. The molecule has 0 aliphatic carbocycles. The van der Waals surface area contributed by atoms with Crippen LogP contribution in [0.1, 0.15) is 5.56 Å². The van der Waals surface area contributed by atoms with E-state index >= 15 is 0 Å². The van der Waals surface area contributed by atoms with E-state index in [9.17, 15) is 10.1 Å². The van der Waals surface area contributed by atoms with Gasteiger partial charge in [0, 0.05) is 26.2 Å². The minimum atomic E-state index is -0.483. The van der Waals surface area contributed by atoms with Crippen molar-refractivity contribution in [1.29, 1.82) is 0 Å². The van der Waals surface area contributed by atoms with Gasteiger partial charge in [0.25, 0.3) is 0 Å². The summed E-state index contributed by atoms with van der Waals surface area (Å²) in [6.07, 6.45) is 1.30. The third kappa shape index (κ3) is 4.41. The van der Waals surface area contributed by atoms with Crippen LogP contribution >= 0.6 is 0 Å². The highest BCUT2D eigenvalue weighted by Crippen LogP contribution is 2.34. The summed E-state index contributed by atoms with van der Waals surface area (Å²) in [6.45, 7) is 5.16. The number of aromatic nitrogens is 2. The molecule has 0 atom stereocenters. The summed E-state index contributed by atoms with van der Waals surface area (Å²) >= 11 is 0. The average molecular weight is 373 g/mol. The molecule has 144 valence electrons. The van der Waals surface area contributed by atoms with Gasteiger partial charge < -0.3 is 15.0 Å². The average Bonchev–Trinajstić information content (AvgIpc) is 2.64. The highest BCUT2D eigenvalue weighted by atomic mass is 16.6. The van der Waals surface area contributed by atoms with Gasteiger partial charge >= 0.3 is 5.69 Å². The quantitative estimate of drug-likeness (QED) is 0.580. The Labute approximate surface area is 157 Å². The number of nitro groups is 1. The number of methoxy groups -OCH3 is 1. The van der Waals surface area contributed by atoms with Gasteiger partial charge in [-0.15, -0.1) is 0 Å². The highest BCUT2D eigenvalue weighted by Gasteiger charge is 2.26. The van der Waals surface area contributed by atoms with Gasteiger partial charge in [0.05, 0.1) is 17.7 Å². The number of likely N-dealkylation sites (N-methyl/N-ethyl adjacent to an activating group) is 1. The van der Waals surface area contributed by atoms with Crippen LogP contribution in [0, 0.1) is 17.0 Å². The molecule has 10 nitrogen and oxygen atoms in total. The fourth-order valence-electron chi connectivity index (χ4n) is 2.84. The van der Waals surface area contributed by atoms with Crippen molar-refractivity contribution in [2.45, 2.75) is 6.92 Å². The number of benzene rings is 1. The molecule has 1 aromatic heterocycles. The topological polar surface area (TPSA) is 109 Å². The van der Waals surface area contributed by atoms with Crippen LogP contribution in [0.4, 0.5) is 23.0 Å². The molecule has 1 saturated heterocycles. The third-order valence-electron chi connectivity index (χ3n) is 4.38. The second-order valence-corrected chi connectivity index (χ2v) is 6.41. The lowest BCUT2D eigenvalue weighted by Crippen LogP contribution is -2.47. The molecular weight excluding hydrogens is 350 g/mol. The van der Waals surface area contributed by atoms with E-state index in [2.05, 4.69) is 25.6 Å².